The molecule has 0 radical (unpaired) electrons. The molecule has 0 aromatic heterocycles. The highest BCUT2D eigenvalue weighted by atomic mass is 79.9. The zero-order valence-corrected chi connectivity index (χ0v) is 9.63. The van der Waals surface area contributed by atoms with Crippen LogP contribution in [0.15, 0.2) is 40.9 Å². The maximum Gasteiger partial charge on any atom is 0.165 e. The molecule has 0 aliphatic carbocycles. The van der Waals surface area contributed by atoms with Gasteiger partial charge in [-0.3, -0.25) is 0 Å². The van der Waals surface area contributed by atoms with Crippen molar-refractivity contribution in [1.29, 1.82) is 0 Å². The van der Waals surface area contributed by atoms with Gasteiger partial charge in [-0.05, 0) is 35.9 Å². The zero-order chi connectivity index (χ0) is 11.7. The summed E-state index contributed by atoms with van der Waals surface area (Å²) in [6, 6.07) is 8.18. The van der Waals surface area contributed by atoms with Crippen molar-refractivity contribution >= 4 is 15.9 Å². The Morgan fingerprint density at radius 2 is 1.69 bits per heavy atom. The summed E-state index contributed by atoms with van der Waals surface area (Å²) in [5.41, 5.74) is 0.669. The molecule has 0 fully saturated rings. The van der Waals surface area contributed by atoms with Gasteiger partial charge < -0.3 is 5.11 Å². The molecule has 2 aromatic rings. The molecule has 4 heteroatoms. The Labute approximate surface area is 99.5 Å². The van der Waals surface area contributed by atoms with E-state index < -0.39 is 17.4 Å². The van der Waals surface area contributed by atoms with E-state index >= 15 is 0 Å². The van der Waals surface area contributed by atoms with Crippen LogP contribution in [0.1, 0.15) is 0 Å². The van der Waals surface area contributed by atoms with E-state index in [1.54, 1.807) is 12.1 Å². The van der Waals surface area contributed by atoms with Gasteiger partial charge >= 0.3 is 0 Å². The lowest BCUT2D eigenvalue weighted by molar-refractivity contribution is 0.432. The first-order chi connectivity index (χ1) is 7.58. The second-order valence-corrected chi connectivity index (χ2v) is 4.21. The number of phenolic OH excluding ortho intramolecular Hbond substituents is 1. The molecule has 0 amide bonds. The molecule has 16 heavy (non-hydrogen) atoms. The summed E-state index contributed by atoms with van der Waals surface area (Å²) < 4.78 is 27.3. The summed E-state index contributed by atoms with van der Waals surface area (Å²) in [7, 11) is 0. The summed E-state index contributed by atoms with van der Waals surface area (Å²) in [6.45, 7) is 0. The highest BCUT2D eigenvalue weighted by molar-refractivity contribution is 9.10. The molecule has 0 unspecified atom stereocenters. The van der Waals surface area contributed by atoms with Gasteiger partial charge in [-0.1, -0.05) is 22.0 Å². The molecule has 0 heterocycles. The molecule has 0 atom stereocenters. The van der Waals surface area contributed by atoms with Crippen LogP contribution in [0.4, 0.5) is 8.78 Å². The van der Waals surface area contributed by atoms with E-state index in [4.69, 9.17) is 5.11 Å². The van der Waals surface area contributed by atoms with Crippen LogP contribution in [0, 0.1) is 11.6 Å². The predicted molar refractivity (Wildman–Crippen MR) is 61.2 cm³/mol. The second kappa shape index (κ2) is 4.22. The standard InChI is InChI=1S/C12H7BrF2O/c13-8-2-3-10(14)9(6-8)7-1-4-12(16)11(15)5-7/h1-6,16H. The number of benzene rings is 2. The Kier molecular flexibility index (Phi) is 2.92. The zero-order valence-electron chi connectivity index (χ0n) is 8.05. The van der Waals surface area contributed by atoms with E-state index in [2.05, 4.69) is 15.9 Å². The molecule has 1 nitrogen and oxygen atoms in total. The summed E-state index contributed by atoms with van der Waals surface area (Å²) >= 11 is 3.22. The number of hydrogen-bond acceptors (Lipinski definition) is 1. The summed E-state index contributed by atoms with van der Waals surface area (Å²) in [5, 5.41) is 9.04. The maximum absolute atomic E-state index is 13.5. The molecule has 1 N–H and O–H groups in total. The average molecular weight is 285 g/mol. The molecule has 0 saturated heterocycles. The second-order valence-electron chi connectivity index (χ2n) is 3.29. The van der Waals surface area contributed by atoms with E-state index in [1.165, 1.54) is 18.2 Å². The van der Waals surface area contributed by atoms with E-state index in [0.717, 1.165) is 6.07 Å². The van der Waals surface area contributed by atoms with Crippen LogP contribution >= 0.6 is 15.9 Å². The SMILES string of the molecule is Oc1ccc(-c2cc(Br)ccc2F)cc1F. The van der Waals surface area contributed by atoms with E-state index in [0.29, 0.717) is 10.0 Å². The third-order valence-electron chi connectivity index (χ3n) is 2.19. The van der Waals surface area contributed by atoms with Gasteiger partial charge in [-0.2, -0.15) is 0 Å². The number of rotatable bonds is 1. The van der Waals surface area contributed by atoms with Crippen LogP contribution in [-0.4, -0.2) is 5.11 Å². The molecule has 0 spiro atoms. The molecule has 82 valence electrons. The first-order valence-electron chi connectivity index (χ1n) is 4.52. The fourth-order valence-corrected chi connectivity index (χ4v) is 1.75. The van der Waals surface area contributed by atoms with Gasteiger partial charge in [0, 0.05) is 10.0 Å². The van der Waals surface area contributed by atoms with E-state index in [-0.39, 0.29) is 5.56 Å². The normalized spacial score (nSPS) is 10.4. The van der Waals surface area contributed by atoms with Gasteiger partial charge in [0.25, 0.3) is 0 Å². The quantitative estimate of drug-likeness (QED) is 0.836. The van der Waals surface area contributed by atoms with Crippen molar-refractivity contribution in [2.24, 2.45) is 0 Å². The van der Waals surface area contributed by atoms with Gasteiger partial charge in [0.2, 0.25) is 0 Å². The van der Waals surface area contributed by atoms with Crippen LogP contribution in [0.25, 0.3) is 11.1 Å². The van der Waals surface area contributed by atoms with Crippen molar-refractivity contribution in [2.75, 3.05) is 0 Å². The fourth-order valence-electron chi connectivity index (χ4n) is 1.39. The lowest BCUT2D eigenvalue weighted by Crippen LogP contribution is -1.86. The molecular weight excluding hydrogens is 278 g/mol. The number of aromatic hydroxyl groups is 1. The monoisotopic (exact) mass is 284 g/mol. The number of halogens is 3. The predicted octanol–water partition coefficient (Wildman–Crippen LogP) is 4.10. The Morgan fingerprint density at radius 1 is 0.938 bits per heavy atom. The van der Waals surface area contributed by atoms with Crippen molar-refractivity contribution in [2.45, 2.75) is 0 Å². The highest BCUT2D eigenvalue weighted by Gasteiger charge is 2.08. The number of hydrogen-bond donors (Lipinski definition) is 1. The minimum Gasteiger partial charge on any atom is -0.505 e. The van der Waals surface area contributed by atoms with E-state index in [1.807, 2.05) is 0 Å². The minimum atomic E-state index is -0.767. The molecule has 2 rings (SSSR count). The molecule has 0 saturated carbocycles. The average Bonchev–Trinajstić information content (AvgIpc) is 2.26. The fraction of sp³-hybridized carbons (Fsp3) is 0. The third-order valence-corrected chi connectivity index (χ3v) is 2.68. The lowest BCUT2D eigenvalue weighted by Gasteiger charge is -2.05. The van der Waals surface area contributed by atoms with Gasteiger partial charge in [0.05, 0.1) is 0 Å². The molecule has 0 aliphatic rings. The topological polar surface area (TPSA) is 20.2 Å². The molecular formula is C12H7BrF2O. The Balaban J connectivity index is 2.58. The van der Waals surface area contributed by atoms with Crippen LogP contribution < -0.4 is 0 Å². The largest absolute Gasteiger partial charge is 0.505 e. The van der Waals surface area contributed by atoms with Crippen molar-refractivity contribution in [1.82, 2.24) is 0 Å². The maximum atomic E-state index is 13.5. The van der Waals surface area contributed by atoms with Gasteiger partial charge in [-0.25, -0.2) is 8.78 Å². The molecule has 0 aliphatic heterocycles. The smallest absolute Gasteiger partial charge is 0.165 e. The van der Waals surface area contributed by atoms with Crippen molar-refractivity contribution in [3.8, 4) is 16.9 Å². The first kappa shape index (κ1) is 11.1. The van der Waals surface area contributed by atoms with Gasteiger partial charge in [0.1, 0.15) is 5.82 Å². The van der Waals surface area contributed by atoms with Gasteiger partial charge in [-0.15, -0.1) is 0 Å². The summed E-state index contributed by atoms with van der Waals surface area (Å²) in [6.07, 6.45) is 0. The highest BCUT2D eigenvalue weighted by Crippen LogP contribution is 2.29. The van der Waals surface area contributed by atoms with Crippen LogP contribution in [0.2, 0.25) is 0 Å². The van der Waals surface area contributed by atoms with Crippen molar-refractivity contribution in [3.63, 3.8) is 0 Å². The third kappa shape index (κ3) is 2.07. The summed E-state index contributed by atoms with van der Waals surface area (Å²) in [4.78, 5) is 0. The Morgan fingerprint density at radius 3 is 2.38 bits per heavy atom. The van der Waals surface area contributed by atoms with Crippen molar-refractivity contribution < 1.29 is 13.9 Å². The Bertz CT molecular complexity index is 541. The van der Waals surface area contributed by atoms with Gasteiger partial charge in [0.15, 0.2) is 11.6 Å². The molecule has 2 aromatic carbocycles. The van der Waals surface area contributed by atoms with Crippen LogP contribution in [0.3, 0.4) is 0 Å². The first-order valence-corrected chi connectivity index (χ1v) is 5.31. The lowest BCUT2D eigenvalue weighted by atomic mass is 10.0. The van der Waals surface area contributed by atoms with Crippen LogP contribution in [0.5, 0.6) is 5.75 Å². The Hall–Kier alpha value is -1.42. The summed E-state index contributed by atoms with van der Waals surface area (Å²) in [5.74, 6) is -1.65. The number of phenols is 1. The van der Waals surface area contributed by atoms with Crippen molar-refractivity contribution in [3.05, 3.63) is 52.5 Å². The molecule has 0 bridgehead atoms. The van der Waals surface area contributed by atoms with E-state index in [9.17, 15) is 8.78 Å². The minimum absolute atomic E-state index is 0.285. The van der Waals surface area contributed by atoms with Crippen LogP contribution in [-0.2, 0) is 0 Å².